The van der Waals surface area contributed by atoms with Gasteiger partial charge in [0.2, 0.25) is 11.4 Å². The molecule has 50 heavy (non-hydrogen) atoms. The molecule has 6 heteroatoms. The van der Waals surface area contributed by atoms with Crippen LogP contribution in [0.15, 0.2) is 143 Å². The van der Waals surface area contributed by atoms with Crippen molar-refractivity contribution in [3.05, 3.63) is 145 Å². The zero-order valence-corrected chi connectivity index (χ0v) is 28.3. The van der Waals surface area contributed by atoms with Crippen LogP contribution in [0.1, 0.15) is 11.1 Å². The van der Waals surface area contributed by atoms with Gasteiger partial charge in [-0.15, -0.1) is 0 Å². The van der Waals surface area contributed by atoms with Crippen LogP contribution in [-0.4, -0.2) is 9.97 Å². The fourth-order valence-electron chi connectivity index (χ4n) is 7.31. The number of rotatable bonds is 2. The zero-order chi connectivity index (χ0) is 33.9. The predicted octanol–water partition coefficient (Wildman–Crippen LogP) is 9.87. The molecular formula is C44H34N4O2+2. The largest absolute Gasteiger partial charge is 0.454 e. The lowest BCUT2D eigenvalue weighted by Crippen LogP contribution is -2.30. The number of hydrogen-bond acceptors (Lipinski definition) is 4. The van der Waals surface area contributed by atoms with Gasteiger partial charge in [-0.1, -0.05) is 30.3 Å². The van der Waals surface area contributed by atoms with Gasteiger partial charge in [-0.3, -0.25) is 9.97 Å². The molecule has 240 valence electrons. The normalized spacial score (nSPS) is 11.6. The van der Waals surface area contributed by atoms with Gasteiger partial charge in [-0.2, -0.15) is 0 Å². The number of furan rings is 2. The maximum atomic E-state index is 6.45. The van der Waals surface area contributed by atoms with E-state index in [1.807, 2.05) is 42.9 Å². The third-order valence-electron chi connectivity index (χ3n) is 9.85. The summed E-state index contributed by atoms with van der Waals surface area (Å²) in [6, 6.07) is 35.6. The maximum Gasteiger partial charge on any atom is 0.216 e. The summed E-state index contributed by atoms with van der Waals surface area (Å²) in [5, 5.41) is 7.83. The first kappa shape index (κ1) is 29.7. The molecule has 0 saturated heterocycles. The monoisotopic (exact) mass is 650 g/mol. The van der Waals surface area contributed by atoms with Gasteiger partial charge in [0.25, 0.3) is 0 Å². The number of pyridine rings is 4. The Labute approximate surface area is 288 Å². The van der Waals surface area contributed by atoms with Crippen LogP contribution in [0.4, 0.5) is 0 Å². The van der Waals surface area contributed by atoms with E-state index in [9.17, 15) is 0 Å². The lowest BCUT2D eigenvalue weighted by Gasteiger charge is -2.04. The Hall–Kier alpha value is -6.40. The van der Waals surface area contributed by atoms with E-state index < -0.39 is 0 Å². The van der Waals surface area contributed by atoms with Crippen molar-refractivity contribution < 1.29 is 18.0 Å². The lowest BCUT2D eigenvalue weighted by molar-refractivity contribution is -0.660. The minimum atomic E-state index is 0.908. The van der Waals surface area contributed by atoms with Crippen LogP contribution in [0.3, 0.4) is 0 Å². The molecule has 6 heterocycles. The standard InChI is InChI=1S/2C22H17N2O/c1-14-8-9-16-15-10-11-18-17(6-5-12-23-18)21(15)25-22(16)20(14)19-7-3-4-13-24(19)2;1-14-6-8-18-17-9-7-15-13-23-11-10-16(15)21(17)25-22(18)20(14)19-5-3-4-12-24(19)2/h2*3-13H,1-2H3/q2*+1. The number of nitrogens with zero attached hydrogens (tertiary/aromatic N) is 4. The molecule has 0 amide bonds. The summed E-state index contributed by atoms with van der Waals surface area (Å²) < 4.78 is 17.1. The second-order valence-electron chi connectivity index (χ2n) is 12.9. The molecule has 0 fully saturated rings. The second kappa shape index (κ2) is 11.6. The highest BCUT2D eigenvalue weighted by atomic mass is 16.3. The first-order valence-electron chi connectivity index (χ1n) is 16.8. The Kier molecular flexibility index (Phi) is 6.92. The molecule has 10 aromatic rings. The smallest absolute Gasteiger partial charge is 0.216 e. The molecule has 0 saturated carbocycles. The van der Waals surface area contributed by atoms with Gasteiger partial charge < -0.3 is 8.83 Å². The number of benzene rings is 4. The molecule has 0 bridgehead atoms. The highest BCUT2D eigenvalue weighted by Gasteiger charge is 2.22. The Morgan fingerprint density at radius 1 is 0.480 bits per heavy atom. The van der Waals surface area contributed by atoms with E-state index in [1.165, 1.54) is 11.1 Å². The van der Waals surface area contributed by atoms with Crippen LogP contribution in [0.2, 0.25) is 0 Å². The van der Waals surface area contributed by atoms with Crippen molar-refractivity contribution >= 4 is 65.6 Å². The maximum absolute atomic E-state index is 6.45. The third-order valence-corrected chi connectivity index (χ3v) is 9.85. The third kappa shape index (κ3) is 4.64. The minimum absolute atomic E-state index is 0.908. The molecule has 4 aromatic carbocycles. The number of aryl methyl sites for hydroxylation is 4. The summed E-state index contributed by atoms with van der Waals surface area (Å²) in [4.78, 5) is 8.67. The second-order valence-corrected chi connectivity index (χ2v) is 12.9. The lowest BCUT2D eigenvalue weighted by atomic mass is 10.00. The van der Waals surface area contributed by atoms with Gasteiger partial charge in [0, 0.05) is 80.6 Å². The van der Waals surface area contributed by atoms with Crippen LogP contribution in [0.25, 0.3) is 88.1 Å². The van der Waals surface area contributed by atoms with Crippen molar-refractivity contribution in [3.63, 3.8) is 0 Å². The van der Waals surface area contributed by atoms with E-state index in [-0.39, 0.29) is 0 Å². The summed E-state index contributed by atoms with van der Waals surface area (Å²) in [6.07, 6.45) is 9.65. The molecule has 0 radical (unpaired) electrons. The Bertz CT molecular complexity index is 2740. The molecule has 10 rings (SSSR count). The molecular weight excluding hydrogens is 617 g/mol. The van der Waals surface area contributed by atoms with E-state index >= 15 is 0 Å². The fourth-order valence-corrected chi connectivity index (χ4v) is 7.31. The molecule has 6 nitrogen and oxygen atoms in total. The van der Waals surface area contributed by atoms with Crippen molar-refractivity contribution in [2.24, 2.45) is 14.1 Å². The van der Waals surface area contributed by atoms with Gasteiger partial charge in [-0.05, 0) is 73.5 Å². The Morgan fingerprint density at radius 2 is 1.04 bits per heavy atom. The fraction of sp³-hybridized carbons (Fsp3) is 0.0909. The molecule has 0 spiro atoms. The van der Waals surface area contributed by atoms with E-state index in [0.717, 1.165) is 88.1 Å². The van der Waals surface area contributed by atoms with E-state index in [2.05, 4.69) is 138 Å². The summed E-state index contributed by atoms with van der Waals surface area (Å²) in [6.45, 7) is 4.27. The molecule has 0 aliphatic rings. The average molecular weight is 651 g/mol. The van der Waals surface area contributed by atoms with Gasteiger partial charge in [-0.25, -0.2) is 9.13 Å². The summed E-state index contributed by atoms with van der Waals surface area (Å²) in [5.41, 5.74) is 11.7. The van der Waals surface area contributed by atoms with Crippen LogP contribution in [-0.2, 0) is 14.1 Å². The first-order valence-corrected chi connectivity index (χ1v) is 16.8. The minimum Gasteiger partial charge on any atom is -0.454 e. The van der Waals surface area contributed by atoms with Crippen molar-refractivity contribution in [2.75, 3.05) is 0 Å². The highest BCUT2D eigenvalue weighted by molar-refractivity contribution is 6.18. The highest BCUT2D eigenvalue weighted by Crippen LogP contribution is 2.40. The predicted molar refractivity (Wildman–Crippen MR) is 201 cm³/mol. The van der Waals surface area contributed by atoms with E-state index in [0.29, 0.717) is 0 Å². The molecule has 0 N–H and O–H groups in total. The molecule has 0 atom stereocenters. The topological polar surface area (TPSA) is 59.8 Å². The number of fused-ring (bicyclic) bond motifs is 10. The van der Waals surface area contributed by atoms with Crippen molar-refractivity contribution in [1.29, 1.82) is 0 Å². The van der Waals surface area contributed by atoms with Crippen molar-refractivity contribution in [3.8, 4) is 22.5 Å². The van der Waals surface area contributed by atoms with Gasteiger partial charge in [0.05, 0.1) is 16.6 Å². The van der Waals surface area contributed by atoms with E-state index in [1.54, 1.807) is 0 Å². The summed E-state index contributed by atoms with van der Waals surface area (Å²) in [5.74, 6) is 0. The zero-order valence-electron chi connectivity index (χ0n) is 28.3. The van der Waals surface area contributed by atoms with Crippen LogP contribution in [0.5, 0.6) is 0 Å². The number of hydrogen-bond donors (Lipinski definition) is 0. The van der Waals surface area contributed by atoms with Crippen LogP contribution >= 0.6 is 0 Å². The molecule has 0 aliphatic carbocycles. The number of aromatic nitrogens is 4. The van der Waals surface area contributed by atoms with Crippen LogP contribution in [0, 0.1) is 13.8 Å². The van der Waals surface area contributed by atoms with E-state index in [4.69, 9.17) is 8.83 Å². The summed E-state index contributed by atoms with van der Waals surface area (Å²) >= 11 is 0. The van der Waals surface area contributed by atoms with Gasteiger partial charge in [0.15, 0.2) is 12.4 Å². The quantitative estimate of drug-likeness (QED) is 0.175. The van der Waals surface area contributed by atoms with Gasteiger partial charge in [0.1, 0.15) is 36.4 Å². The Balaban J connectivity index is 0.000000135. The van der Waals surface area contributed by atoms with Crippen molar-refractivity contribution in [2.45, 2.75) is 13.8 Å². The van der Waals surface area contributed by atoms with Crippen LogP contribution < -0.4 is 9.13 Å². The van der Waals surface area contributed by atoms with Crippen molar-refractivity contribution in [1.82, 2.24) is 9.97 Å². The average Bonchev–Trinajstić information content (AvgIpc) is 3.72. The molecule has 6 aromatic heterocycles. The molecule has 0 aliphatic heterocycles. The molecule has 0 unspecified atom stereocenters. The summed E-state index contributed by atoms with van der Waals surface area (Å²) in [7, 11) is 4.13. The van der Waals surface area contributed by atoms with Gasteiger partial charge >= 0.3 is 0 Å². The Morgan fingerprint density at radius 3 is 1.66 bits per heavy atom. The first-order chi connectivity index (χ1) is 24.5. The SMILES string of the molecule is Cc1ccc2c(oc3c4cccnc4ccc23)c1-c1cccc[n+]1C.Cc1ccc2c(oc3c4ccncc4ccc23)c1-c1cccc[n+]1C.